The van der Waals surface area contributed by atoms with E-state index in [0.717, 1.165) is 48.8 Å². The van der Waals surface area contributed by atoms with E-state index < -0.39 is 4.92 Å². The SMILES string of the molecule is Cc1ccc(-n2c(SCC(=O)N3CCc4cc([N+](=O)[O-])ccc43)nnc2N2CCCCC2)cc1. The molecular formula is C24H26N6O3S. The van der Waals surface area contributed by atoms with Crippen LogP contribution in [0.3, 0.4) is 0 Å². The summed E-state index contributed by atoms with van der Waals surface area (Å²) < 4.78 is 2.05. The molecule has 2 aliphatic heterocycles. The van der Waals surface area contributed by atoms with Crippen LogP contribution in [0, 0.1) is 17.0 Å². The third-order valence-corrected chi connectivity index (χ3v) is 7.26. The number of hydrogen-bond acceptors (Lipinski definition) is 7. The third-order valence-electron chi connectivity index (χ3n) is 6.34. The van der Waals surface area contributed by atoms with Crippen molar-refractivity contribution >= 4 is 35.0 Å². The molecule has 1 saturated heterocycles. The minimum Gasteiger partial charge on any atom is -0.341 e. The van der Waals surface area contributed by atoms with Crippen molar-refractivity contribution in [2.75, 3.05) is 35.2 Å². The Bertz CT molecular complexity index is 1220. The van der Waals surface area contributed by atoms with Crippen LogP contribution in [0.5, 0.6) is 0 Å². The van der Waals surface area contributed by atoms with Crippen molar-refractivity contribution in [1.29, 1.82) is 0 Å². The fraction of sp³-hybridized carbons (Fsp3) is 0.375. The lowest BCUT2D eigenvalue weighted by Crippen LogP contribution is -2.32. The molecule has 0 atom stereocenters. The first kappa shape index (κ1) is 22.4. The normalized spacial score (nSPS) is 15.4. The topological polar surface area (TPSA) is 97.4 Å². The minimum absolute atomic E-state index is 0.0458. The van der Waals surface area contributed by atoms with E-state index in [1.807, 2.05) is 4.57 Å². The zero-order chi connectivity index (χ0) is 23.7. The van der Waals surface area contributed by atoms with E-state index in [0.29, 0.717) is 18.1 Å². The van der Waals surface area contributed by atoms with Crippen LogP contribution in [-0.4, -0.2) is 51.0 Å². The first-order chi connectivity index (χ1) is 16.5. The van der Waals surface area contributed by atoms with Crippen molar-refractivity contribution in [3.05, 3.63) is 63.7 Å². The van der Waals surface area contributed by atoms with Gasteiger partial charge in [0.25, 0.3) is 5.69 Å². The van der Waals surface area contributed by atoms with Crippen LogP contribution in [0.25, 0.3) is 5.69 Å². The molecule has 5 rings (SSSR count). The molecule has 0 saturated carbocycles. The maximum Gasteiger partial charge on any atom is 0.269 e. The van der Waals surface area contributed by atoms with Gasteiger partial charge in [0.1, 0.15) is 0 Å². The summed E-state index contributed by atoms with van der Waals surface area (Å²) in [5.74, 6) is 0.980. The monoisotopic (exact) mass is 478 g/mol. The first-order valence-corrected chi connectivity index (χ1v) is 12.5. The second kappa shape index (κ2) is 9.46. The molecule has 2 aliphatic rings. The van der Waals surface area contributed by atoms with Gasteiger partial charge < -0.3 is 9.80 Å². The number of fused-ring (bicyclic) bond motifs is 1. The molecule has 9 nitrogen and oxygen atoms in total. The number of piperidine rings is 1. The molecule has 0 bridgehead atoms. The second-order valence-electron chi connectivity index (χ2n) is 8.66. The van der Waals surface area contributed by atoms with Crippen LogP contribution in [0.2, 0.25) is 0 Å². The molecule has 3 heterocycles. The number of hydrogen-bond donors (Lipinski definition) is 0. The summed E-state index contributed by atoms with van der Waals surface area (Å²) in [6.07, 6.45) is 4.11. The molecule has 0 N–H and O–H groups in total. The molecule has 34 heavy (non-hydrogen) atoms. The van der Waals surface area contributed by atoms with Crippen LogP contribution in [-0.2, 0) is 11.2 Å². The number of nitro benzene ring substituents is 1. The predicted molar refractivity (Wildman–Crippen MR) is 132 cm³/mol. The number of nitro groups is 1. The molecule has 2 aromatic carbocycles. The van der Waals surface area contributed by atoms with Gasteiger partial charge in [0.15, 0.2) is 5.16 Å². The maximum absolute atomic E-state index is 13.1. The highest BCUT2D eigenvalue weighted by Gasteiger charge is 2.28. The second-order valence-corrected chi connectivity index (χ2v) is 9.60. The third kappa shape index (κ3) is 4.37. The standard InChI is InChI=1S/C24H26N6O3S/c1-17-5-7-19(8-6-17)29-23(27-12-3-2-4-13-27)25-26-24(29)34-16-22(31)28-14-11-18-15-20(30(32)33)9-10-21(18)28/h5-10,15H,2-4,11-14,16H2,1H3. The van der Waals surface area contributed by atoms with Gasteiger partial charge >= 0.3 is 0 Å². The molecular weight excluding hydrogens is 452 g/mol. The summed E-state index contributed by atoms with van der Waals surface area (Å²) in [4.78, 5) is 27.7. The van der Waals surface area contributed by atoms with Gasteiger partial charge in [-0.1, -0.05) is 29.5 Å². The number of benzene rings is 2. The molecule has 0 radical (unpaired) electrons. The average Bonchev–Trinajstić information content (AvgIpc) is 3.47. The number of aryl methyl sites for hydroxylation is 1. The number of amides is 1. The van der Waals surface area contributed by atoms with Crippen molar-refractivity contribution in [2.24, 2.45) is 0 Å². The lowest BCUT2D eigenvalue weighted by atomic mass is 10.1. The summed E-state index contributed by atoms with van der Waals surface area (Å²) in [6.45, 7) is 4.48. The van der Waals surface area contributed by atoms with E-state index in [9.17, 15) is 14.9 Å². The minimum atomic E-state index is -0.404. The summed E-state index contributed by atoms with van der Waals surface area (Å²) >= 11 is 1.37. The molecule has 0 spiro atoms. The summed E-state index contributed by atoms with van der Waals surface area (Å²) in [7, 11) is 0. The van der Waals surface area contributed by atoms with Crippen LogP contribution >= 0.6 is 11.8 Å². The van der Waals surface area contributed by atoms with Gasteiger partial charge in [0, 0.05) is 37.5 Å². The summed E-state index contributed by atoms with van der Waals surface area (Å²) in [5.41, 5.74) is 3.80. The largest absolute Gasteiger partial charge is 0.341 e. The van der Waals surface area contributed by atoms with E-state index in [-0.39, 0.29) is 17.3 Å². The van der Waals surface area contributed by atoms with Gasteiger partial charge in [-0.05, 0) is 56.4 Å². The Morgan fingerprint density at radius 3 is 2.56 bits per heavy atom. The van der Waals surface area contributed by atoms with Crippen molar-refractivity contribution in [2.45, 2.75) is 37.8 Å². The smallest absolute Gasteiger partial charge is 0.269 e. The van der Waals surface area contributed by atoms with Gasteiger partial charge in [-0.15, -0.1) is 10.2 Å². The first-order valence-electron chi connectivity index (χ1n) is 11.5. The van der Waals surface area contributed by atoms with Crippen LogP contribution in [0.15, 0.2) is 47.6 Å². The molecule has 176 valence electrons. The Morgan fingerprint density at radius 2 is 1.82 bits per heavy atom. The molecule has 0 aliphatic carbocycles. The summed E-state index contributed by atoms with van der Waals surface area (Å²) in [5, 5.41) is 20.7. The quantitative estimate of drug-likeness (QED) is 0.298. The van der Waals surface area contributed by atoms with Crippen molar-refractivity contribution < 1.29 is 9.72 Å². The van der Waals surface area contributed by atoms with Crippen LogP contribution in [0.1, 0.15) is 30.4 Å². The fourth-order valence-corrected chi connectivity index (χ4v) is 5.36. The highest BCUT2D eigenvalue weighted by atomic mass is 32.2. The molecule has 1 fully saturated rings. The Hall–Kier alpha value is -3.40. The molecule has 10 heteroatoms. The molecule has 3 aromatic rings. The van der Waals surface area contributed by atoms with Gasteiger partial charge in [-0.25, -0.2) is 0 Å². The van der Waals surface area contributed by atoms with E-state index in [2.05, 4.69) is 46.3 Å². The van der Waals surface area contributed by atoms with Gasteiger partial charge in [-0.3, -0.25) is 19.5 Å². The number of anilines is 2. The lowest BCUT2D eigenvalue weighted by Gasteiger charge is -2.27. The zero-order valence-electron chi connectivity index (χ0n) is 19.0. The van der Waals surface area contributed by atoms with E-state index in [1.54, 1.807) is 17.0 Å². The highest BCUT2D eigenvalue weighted by Crippen LogP contribution is 2.33. The van der Waals surface area contributed by atoms with E-state index >= 15 is 0 Å². The zero-order valence-corrected chi connectivity index (χ0v) is 19.8. The van der Waals surface area contributed by atoms with Gasteiger partial charge in [0.2, 0.25) is 11.9 Å². The Kier molecular flexibility index (Phi) is 6.23. The number of non-ortho nitro benzene ring substituents is 1. The Balaban J connectivity index is 1.37. The number of nitrogens with zero attached hydrogens (tertiary/aromatic N) is 6. The number of thioether (sulfide) groups is 1. The lowest BCUT2D eigenvalue weighted by molar-refractivity contribution is -0.384. The van der Waals surface area contributed by atoms with Crippen LogP contribution < -0.4 is 9.80 Å². The number of carbonyl (C=O) groups is 1. The molecule has 1 aromatic heterocycles. The predicted octanol–water partition coefficient (Wildman–Crippen LogP) is 4.16. The van der Waals surface area contributed by atoms with Crippen LogP contribution in [0.4, 0.5) is 17.3 Å². The number of aromatic nitrogens is 3. The van der Waals surface area contributed by atoms with E-state index in [4.69, 9.17) is 0 Å². The Morgan fingerprint density at radius 1 is 1.06 bits per heavy atom. The van der Waals surface area contributed by atoms with Crippen molar-refractivity contribution in [1.82, 2.24) is 14.8 Å². The average molecular weight is 479 g/mol. The number of carbonyl (C=O) groups excluding carboxylic acids is 1. The summed E-state index contributed by atoms with van der Waals surface area (Å²) in [6, 6.07) is 12.9. The fourth-order valence-electron chi connectivity index (χ4n) is 4.54. The van der Waals surface area contributed by atoms with Crippen molar-refractivity contribution in [3.8, 4) is 5.69 Å². The van der Waals surface area contributed by atoms with Gasteiger partial charge in [-0.2, -0.15) is 0 Å². The molecule has 1 amide bonds. The maximum atomic E-state index is 13.1. The number of rotatable bonds is 6. The van der Waals surface area contributed by atoms with E-state index in [1.165, 1.54) is 29.8 Å². The Labute approximate surface area is 201 Å². The molecule has 0 unspecified atom stereocenters. The van der Waals surface area contributed by atoms with Gasteiger partial charge in [0.05, 0.1) is 16.4 Å². The van der Waals surface area contributed by atoms with Crippen molar-refractivity contribution in [3.63, 3.8) is 0 Å². The highest BCUT2D eigenvalue weighted by molar-refractivity contribution is 7.99.